The van der Waals surface area contributed by atoms with E-state index >= 15 is 0 Å². The molecule has 1 amide bonds. The van der Waals surface area contributed by atoms with Gasteiger partial charge in [0.25, 0.3) is 0 Å². The average Bonchev–Trinajstić information content (AvgIpc) is 3.06. The highest BCUT2D eigenvalue weighted by Gasteiger charge is 2.43. The number of alkyl halides is 3. The molecule has 0 bridgehead atoms. The van der Waals surface area contributed by atoms with Crippen molar-refractivity contribution in [1.29, 1.82) is 0 Å². The van der Waals surface area contributed by atoms with Crippen LogP contribution >= 0.6 is 0 Å². The van der Waals surface area contributed by atoms with Crippen molar-refractivity contribution in [1.82, 2.24) is 5.32 Å². The third kappa shape index (κ3) is 3.72. The van der Waals surface area contributed by atoms with Crippen molar-refractivity contribution in [2.45, 2.75) is 6.18 Å². The van der Waals surface area contributed by atoms with Gasteiger partial charge in [0.15, 0.2) is 6.54 Å². The Morgan fingerprint density at radius 1 is 1.52 bits per heavy atom. The molecule has 1 N–H and O–H groups in total. The molecule has 0 saturated carbocycles. The SMILES string of the molecule is C=CC(=O)NCC1CN(c2cccc(C(F)(F)F)c2)[C]2C=CN=[N+]2C1.[HH]. The summed E-state index contributed by atoms with van der Waals surface area (Å²) in [4.78, 5) is 13.2. The largest absolute Gasteiger partial charge is 0.416 e. The Hall–Kier alpha value is -2.64. The van der Waals surface area contributed by atoms with E-state index in [-0.39, 0.29) is 13.3 Å². The molecule has 1 aromatic rings. The summed E-state index contributed by atoms with van der Waals surface area (Å²) in [5, 5.41) is 6.95. The van der Waals surface area contributed by atoms with Crippen LogP contribution in [-0.4, -0.2) is 30.2 Å². The number of rotatable bonds is 4. The number of carbonyl (C=O) groups excluding carboxylic acids is 1. The van der Waals surface area contributed by atoms with Gasteiger partial charge in [-0.1, -0.05) is 17.3 Å². The molecular weight excluding hydrogens is 333 g/mol. The van der Waals surface area contributed by atoms with Crippen molar-refractivity contribution < 1.29 is 24.1 Å². The summed E-state index contributed by atoms with van der Waals surface area (Å²) >= 11 is 0. The van der Waals surface area contributed by atoms with Crippen molar-refractivity contribution >= 4 is 11.6 Å². The summed E-state index contributed by atoms with van der Waals surface area (Å²) in [5.41, 5.74) is -0.255. The van der Waals surface area contributed by atoms with E-state index in [1.807, 2.05) is 0 Å². The topological polar surface area (TPSA) is 47.7 Å². The van der Waals surface area contributed by atoms with E-state index in [1.165, 1.54) is 12.1 Å². The number of anilines is 1. The molecular formula is C17H19F3N4O+. The zero-order valence-electron chi connectivity index (χ0n) is 13.3. The maximum atomic E-state index is 13.0. The summed E-state index contributed by atoms with van der Waals surface area (Å²) < 4.78 is 40.7. The molecule has 0 spiro atoms. The fraction of sp³-hybridized carbons (Fsp3) is 0.294. The second kappa shape index (κ2) is 6.70. The lowest BCUT2D eigenvalue weighted by atomic mass is 10.0. The molecule has 25 heavy (non-hydrogen) atoms. The second-order valence-corrected chi connectivity index (χ2v) is 5.85. The number of hydrogen-bond donors (Lipinski definition) is 1. The summed E-state index contributed by atoms with van der Waals surface area (Å²) in [7, 11) is 0. The van der Waals surface area contributed by atoms with Crippen LogP contribution < -0.4 is 10.2 Å². The lowest BCUT2D eigenvalue weighted by molar-refractivity contribution is -0.578. The predicted octanol–water partition coefficient (Wildman–Crippen LogP) is 3.17. The molecule has 8 heteroatoms. The number of nitrogens with zero attached hydrogens (tertiary/aromatic N) is 3. The third-order valence-electron chi connectivity index (χ3n) is 4.08. The van der Waals surface area contributed by atoms with Gasteiger partial charge in [-0.2, -0.15) is 13.2 Å². The average molecular weight is 352 g/mol. The minimum atomic E-state index is -4.40. The van der Waals surface area contributed by atoms with Gasteiger partial charge in [-0.3, -0.25) is 9.69 Å². The van der Waals surface area contributed by atoms with Crippen molar-refractivity contribution in [2.75, 3.05) is 24.5 Å². The smallest absolute Gasteiger partial charge is 0.352 e. The van der Waals surface area contributed by atoms with Gasteiger partial charge in [-0.05, 0) is 29.4 Å². The van der Waals surface area contributed by atoms with E-state index in [0.29, 0.717) is 25.3 Å². The van der Waals surface area contributed by atoms with Gasteiger partial charge >= 0.3 is 12.3 Å². The number of nitrogens with one attached hydrogen (secondary N) is 1. The number of hydrogen-bond acceptors (Lipinski definition) is 3. The summed E-state index contributed by atoms with van der Waals surface area (Å²) in [6.45, 7) is 4.84. The first-order chi connectivity index (χ1) is 11.9. The molecule has 2 aliphatic rings. The van der Waals surface area contributed by atoms with Crippen LogP contribution in [0.25, 0.3) is 0 Å². The molecule has 1 radical (unpaired) electrons. The van der Waals surface area contributed by atoms with Crippen LogP contribution in [0.3, 0.4) is 0 Å². The number of amides is 1. The first-order valence-corrected chi connectivity index (χ1v) is 7.75. The molecule has 133 valence electrons. The molecule has 1 atom stereocenters. The van der Waals surface area contributed by atoms with Crippen LogP contribution in [-0.2, 0) is 11.0 Å². The maximum Gasteiger partial charge on any atom is 0.416 e. The quantitative estimate of drug-likeness (QED) is 0.668. The van der Waals surface area contributed by atoms with Gasteiger partial charge in [0.05, 0.1) is 17.7 Å². The van der Waals surface area contributed by atoms with Crippen molar-refractivity contribution in [3.8, 4) is 0 Å². The fourth-order valence-electron chi connectivity index (χ4n) is 2.88. The summed E-state index contributed by atoms with van der Waals surface area (Å²) in [6.07, 6.45) is 0.890. The Morgan fingerprint density at radius 3 is 3.04 bits per heavy atom. The molecule has 0 aliphatic carbocycles. The minimum Gasteiger partial charge on any atom is -0.352 e. The normalized spacial score (nSPS) is 20.2. The van der Waals surface area contributed by atoms with E-state index in [2.05, 4.69) is 17.0 Å². The Balaban J connectivity index is 0.00000243. The third-order valence-corrected chi connectivity index (χ3v) is 4.08. The second-order valence-electron chi connectivity index (χ2n) is 5.85. The monoisotopic (exact) mass is 352 g/mol. The van der Waals surface area contributed by atoms with Crippen LogP contribution in [0.15, 0.2) is 54.3 Å². The highest BCUT2D eigenvalue weighted by Crippen LogP contribution is 2.35. The molecule has 1 unspecified atom stereocenters. The van der Waals surface area contributed by atoms with Crippen LogP contribution in [0.4, 0.5) is 18.9 Å². The van der Waals surface area contributed by atoms with E-state index < -0.39 is 11.7 Å². The van der Waals surface area contributed by atoms with E-state index in [4.69, 9.17) is 0 Å². The Bertz CT molecular complexity index is 748. The van der Waals surface area contributed by atoms with Crippen LogP contribution in [0.5, 0.6) is 0 Å². The summed E-state index contributed by atoms with van der Waals surface area (Å²) in [6, 6.07) is 5.20. The van der Waals surface area contributed by atoms with Crippen LogP contribution in [0.2, 0.25) is 0 Å². The minimum absolute atomic E-state index is 0. The van der Waals surface area contributed by atoms with Crippen molar-refractivity contribution in [2.24, 2.45) is 11.0 Å². The van der Waals surface area contributed by atoms with Crippen LogP contribution in [0.1, 0.15) is 6.99 Å². The van der Waals surface area contributed by atoms with Gasteiger partial charge in [-0.15, -0.1) is 0 Å². The zero-order valence-corrected chi connectivity index (χ0v) is 13.3. The van der Waals surface area contributed by atoms with Crippen molar-refractivity contribution in [3.63, 3.8) is 0 Å². The number of halogens is 3. The number of azo groups is 2. The van der Waals surface area contributed by atoms with Crippen LogP contribution in [0, 0.1) is 12.1 Å². The van der Waals surface area contributed by atoms with Gasteiger partial charge < -0.3 is 5.32 Å². The number of carbonyl (C=O) groups is 1. The fourth-order valence-corrected chi connectivity index (χ4v) is 2.88. The molecule has 2 aliphatic heterocycles. The van der Waals surface area contributed by atoms with Gasteiger partial charge in [-0.25, -0.2) is 0 Å². The lowest BCUT2D eigenvalue weighted by Crippen LogP contribution is -2.49. The molecule has 0 aromatic heterocycles. The highest BCUT2D eigenvalue weighted by molar-refractivity contribution is 5.86. The zero-order chi connectivity index (χ0) is 18.0. The highest BCUT2D eigenvalue weighted by atomic mass is 19.4. The molecule has 1 saturated heterocycles. The molecule has 3 rings (SSSR count). The number of fused-ring (bicyclic) bond motifs is 1. The number of benzene rings is 1. The molecule has 2 heterocycles. The van der Waals surface area contributed by atoms with E-state index in [9.17, 15) is 18.0 Å². The lowest BCUT2D eigenvalue weighted by Gasteiger charge is -2.33. The maximum absolute atomic E-state index is 13.0. The van der Waals surface area contributed by atoms with Gasteiger partial charge in [0, 0.05) is 26.3 Å². The molecule has 1 fully saturated rings. The molecule has 5 nitrogen and oxygen atoms in total. The van der Waals surface area contributed by atoms with Gasteiger partial charge in [0.1, 0.15) is 0 Å². The van der Waals surface area contributed by atoms with Gasteiger partial charge in [0.2, 0.25) is 5.91 Å². The Labute approximate surface area is 144 Å². The predicted molar refractivity (Wildman–Crippen MR) is 87.5 cm³/mol. The Morgan fingerprint density at radius 2 is 2.32 bits per heavy atom. The molecule has 1 aromatic carbocycles. The van der Waals surface area contributed by atoms with E-state index in [0.717, 1.165) is 18.3 Å². The first kappa shape index (κ1) is 17.2. The summed E-state index contributed by atoms with van der Waals surface area (Å²) in [5.74, 6) is -0.275. The van der Waals surface area contributed by atoms with Crippen molar-refractivity contribution in [3.05, 3.63) is 60.9 Å². The van der Waals surface area contributed by atoms with E-state index in [1.54, 1.807) is 27.9 Å². The standard InChI is InChI=1S/C17H17F3N4O.H2/c1-2-15(25)21-9-12-10-23(16-6-7-22-24(16)11-12)14-5-3-4-13(8-14)17(18,19)20;/h2-8,12H,1,9-11H2,(H,21,25);1H/q+1;. The first-order valence-electron chi connectivity index (χ1n) is 7.75. The Kier molecular flexibility index (Phi) is 4.61.